The Hall–Kier alpha value is -2.31. The highest BCUT2D eigenvalue weighted by Crippen LogP contribution is 2.27. The zero-order valence-electron chi connectivity index (χ0n) is 12.0. The number of nitrogens with zero attached hydrogens (tertiary/aromatic N) is 1. The molecule has 1 N–H and O–H groups in total. The van der Waals surface area contributed by atoms with Crippen molar-refractivity contribution in [3.8, 4) is 11.8 Å². The molecule has 0 saturated carbocycles. The number of aliphatic hydroxyl groups excluding tert-OH is 1. The fourth-order valence-electron chi connectivity index (χ4n) is 2.29. The van der Waals surface area contributed by atoms with Gasteiger partial charge in [0.25, 0.3) is 0 Å². The van der Waals surface area contributed by atoms with Crippen molar-refractivity contribution in [2.24, 2.45) is 0 Å². The predicted octanol–water partition coefficient (Wildman–Crippen LogP) is 4.21. The number of oxazole rings is 1. The minimum absolute atomic E-state index is 0.269. The van der Waals surface area contributed by atoms with Crippen LogP contribution < -0.4 is 0 Å². The van der Waals surface area contributed by atoms with E-state index < -0.39 is 6.10 Å². The first-order valence-electron chi connectivity index (χ1n) is 7.24. The van der Waals surface area contributed by atoms with E-state index in [4.69, 9.17) is 4.42 Å². The lowest BCUT2D eigenvalue weighted by molar-refractivity contribution is 0.202. The van der Waals surface area contributed by atoms with Gasteiger partial charge in [-0.05, 0) is 17.9 Å². The molecule has 0 aliphatic heterocycles. The minimum atomic E-state index is -0.965. The topological polar surface area (TPSA) is 46.3 Å². The van der Waals surface area contributed by atoms with Crippen LogP contribution in [0.15, 0.2) is 40.8 Å². The van der Waals surface area contributed by atoms with Crippen molar-refractivity contribution < 1.29 is 9.52 Å². The van der Waals surface area contributed by atoms with Crippen LogP contribution in [-0.4, -0.2) is 10.1 Å². The maximum atomic E-state index is 10.1. The van der Waals surface area contributed by atoms with Crippen LogP contribution in [0.3, 0.4) is 0 Å². The Labute approximate surface area is 123 Å². The summed E-state index contributed by atoms with van der Waals surface area (Å²) in [5.74, 6) is 6.03. The molecule has 106 valence electrons. The second-order valence-corrected chi connectivity index (χ2v) is 5.01. The number of unbranched alkanes of at least 4 members (excludes halogenated alkanes) is 2. The zero-order valence-corrected chi connectivity index (χ0v) is 12.0. The Bertz CT molecular complexity index is 823. The van der Waals surface area contributed by atoms with Crippen molar-refractivity contribution in [1.29, 1.82) is 0 Å². The fraction of sp³-hybridized carbons (Fsp3) is 0.278. The largest absolute Gasteiger partial charge is 0.437 e. The number of rotatable bonds is 3. The second-order valence-electron chi connectivity index (χ2n) is 5.01. The maximum absolute atomic E-state index is 10.1. The van der Waals surface area contributed by atoms with Gasteiger partial charge in [-0.1, -0.05) is 49.6 Å². The minimum Gasteiger partial charge on any atom is -0.437 e. The molecule has 0 bridgehead atoms. The molecule has 0 spiro atoms. The van der Waals surface area contributed by atoms with Gasteiger partial charge >= 0.3 is 0 Å². The highest BCUT2D eigenvalue weighted by atomic mass is 16.4. The lowest BCUT2D eigenvalue weighted by Gasteiger charge is -1.95. The summed E-state index contributed by atoms with van der Waals surface area (Å²) in [6, 6.07) is 11.9. The molecule has 1 atom stereocenters. The van der Waals surface area contributed by atoms with E-state index in [1.165, 1.54) is 0 Å². The third-order valence-corrected chi connectivity index (χ3v) is 3.43. The molecule has 0 aliphatic carbocycles. The number of aromatic nitrogens is 1. The van der Waals surface area contributed by atoms with Gasteiger partial charge in [0.1, 0.15) is 5.52 Å². The summed E-state index contributed by atoms with van der Waals surface area (Å²) < 4.78 is 5.63. The van der Waals surface area contributed by atoms with E-state index in [-0.39, 0.29) is 5.89 Å². The molecule has 3 aromatic rings. The van der Waals surface area contributed by atoms with Crippen LogP contribution in [0.1, 0.15) is 38.2 Å². The van der Waals surface area contributed by atoms with Crippen LogP contribution in [0.5, 0.6) is 0 Å². The molecule has 1 aromatic heterocycles. The summed E-state index contributed by atoms with van der Waals surface area (Å²) in [7, 11) is 0. The first kappa shape index (κ1) is 13.7. The number of hydrogen-bond acceptors (Lipinski definition) is 3. The first-order valence-corrected chi connectivity index (χ1v) is 7.24. The molecule has 0 fully saturated rings. The van der Waals surface area contributed by atoms with Gasteiger partial charge in [-0.2, -0.15) is 0 Å². The Balaban J connectivity index is 1.96. The first-order chi connectivity index (χ1) is 10.3. The van der Waals surface area contributed by atoms with E-state index in [9.17, 15) is 5.11 Å². The summed E-state index contributed by atoms with van der Waals surface area (Å²) in [4.78, 5) is 4.42. The molecular weight excluding hydrogens is 262 g/mol. The van der Waals surface area contributed by atoms with E-state index in [0.29, 0.717) is 5.58 Å². The summed E-state index contributed by atoms with van der Waals surface area (Å²) in [6.07, 6.45) is 1.96. The normalized spacial score (nSPS) is 12.3. The highest BCUT2D eigenvalue weighted by molar-refractivity contribution is 6.03. The van der Waals surface area contributed by atoms with Crippen molar-refractivity contribution >= 4 is 21.9 Å². The van der Waals surface area contributed by atoms with Crippen molar-refractivity contribution in [2.75, 3.05) is 0 Å². The van der Waals surface area contributed by atoms with Crippen LogP contribution in [0, 0.1) is 11.8 Å². The van der Waals surface area contributed by atoms with Crippen LogP contribution in [0.4, 0.5) is 0 Å². The molecule has 0 amide bonds. The number of hydrogen-bond donors (Lipinski definition) is 1. The van der Waals surface area contributed by atoms with Crippen molar-refractivity contribution in [1.82, 2.24) is 4.98 Å². The van der Waals surface area contributed by atoms with E-state index >= 15 is 0 Å². The van der Waals surface area contributed by atoms with Gasteiger partial charge in [0.2, 0.25) is 5.89 Å². The Morgan fingerprint density at radius 1 is 1.24 bits per heavy atom. The van der Waals surface area contributed by atoms with Gasteiger partial charge in [-0.3, -0.25) is 0 Å². The van der Waals surface area contributed by atoms with Gasteiger partial charge in [-0.25, -0.2) is 4.98 Å². The van der Waals surface area contributed by atoms with Crippen LogP contribution in [-0.2, 0) is 0 Å². The van der Waals surface area contributed by atoms with Crippen LogP contribution in [0.2, 0.25) is 0 Å². The summed E-state index contributed by atoms with van der Waals surface area (Å²) in [5.41, 5.74) is 1.45. The van der Waals surface area contributed by atoms with Gasteiger partial charge < -0.3 is 9.52 Å². The number of fused-ring (bicyclic) bond motifs is 3. The molecule has 2 aromatic carbocycles. The van der Waals surface area contributed by atoms with E-state index in [0.717, 1.165) is 35.6 Å². The fourth-order valence-corrected chi connectivity index (χ4v) is 2.29. The quantitative estimate of drug-likeness (QED) is 0.577. The smallest absolute Gasteiger partial charge is 0.237 e. The van der Waals surface area contributed by atoms with Gasteiger partial charge in [0.15, 0.2) is 11.7 Å². The molecule has 3 heteroatoms. The van der Waals surface area contributed by atoms with E-state index in [1.54, 1.807) is 0 Å². The SMILES string of the molecule is CCCCC#CC(O)c1nc2c(ccc3ccccc32)o1. The molecule has 3 nitrogen and oxygen atoms in total. The van der Waals surface area contributed by atoms with Crippen LogP contribution >= 0.6 is 0 Å². The number of benzene rings is 2. The third-order valence-electron chi connectivity index (χ3n) is 3.43. The molecule has 3 rings (SSSR count). The van der Waals surface area contributed by atoms with Gasteiger partial charge in [0.05, 0.1) is 0 Å². The predicted molar refractivity (Wildman–Crippen MR) is 83.8 cm³/mol. The Kier molecular flexibility index (Phi) is 3.89. The lowest BCUT2D eigenvalue weighted by Crippen LogP contribution is -1.93. The molecule has 0 radical (unpaired) electrons. The standard InChI is InChI=1S/C18H17NO2/c1-2-3-4-5-10-15(20)18-19-17-14-9-7-6-8-13(14)11-12-16(17)21-18/h6-9,11-12,15,20H,2-4H2,1H3. The maximum Gasteiger partial charge on any atom is 0.237 e. The Morgan fingerprint density at radius 3 is 2.95 bits per heavy atom. The molecule has 1 heterocycles. The molecule has 21 heavy (non-hydrogen) atoms. The average Bonchev–Trinajstić information content (AvgIpc) is 2.96. The highest BCUT2D eigenvalue weighted by Gasteiger charge is 2.14. The number of aliphatic hydroxyl groups is 1. The zero-order chi connectivity index (χ0) is 14.7. The van der Waals surface area contributed by atoms with E-state index in [1.807, 2.05) is 36.4 Å². The Morgan fingerprint density at radius 2 is 2.10 bits per heavy atom. The molecule has 0 aliphatic rings. The lowest BCUT2D eigenvalue weighted by atomic mass is 10.1. The van der Waals surface area contributed by atoms with Crippen molar-refractivity contribution in [3.63, 3.8) is 0 Å². The summed E-state index contributed by atoms with van der Waals surface area (Å²) in [6.45, 7) is 2.12. The second kappa shape index (κ2) is 5.99. The molecule has 1 unspecified atom stereocenters. The van der Waals surface area contributed by atoms with Crippen molar-refractivity contribution in [2.45, 2.75) is 32.3 Å². The third kappa shape index (κ3) is 2.76. The summed E-state index contributed by atoms with van der Waals surface area (Å²) in [5, 5.41) is 12.2. The monoisotopic (exact) mass is 279 g/mol. The van der Waals surface area contributed by atoms with Gasteiger partial charge in [-0.15, -0.1) is 5.92 Å². The van der Waals surface area contributed by atoms with Crippen molar-refractivity contribution in [3.05, 3.63) is 42.3 Å². The van der Waals surface area contributed by atoms with E-state index in [2.05, 4.69) is 23.7 Å². The van der Waals surface area contributed by atoms with Crippen LogP contribution in [0.25, 0.3) is 21.9 Å². The average molecular weight is 279 g/mol. The van der Waals surface area contributed by atoms with Gasteiger partial charge in [0, 0.05) is 11.8 Å². The molecule has 0 saturated heterocycles. The molecular formula is C18H17NO2. The summed E-state index contributed by atoms with van der Waals surface area (Å²) >= 11 is 0.